The molecule has 5 nitrogen and oxygen atoms in total. The zero-order valence-corrected chi connectivity index (χ0v) is 11.5. The normalized spacial score (nSPS) is 10.7. The van der Waals surface area contributed by atoms with Gasteiger partial charge in [0, 0.05) is 24.2 Å². The third-order valence-corrected chi connectivity index (χ3v) is 3.38. The molecule has 0 bridgehead atoms. The lowest BCUT2D eigenvalue weighted by molar-refractivity contribution is 0.281. The summed E-state index contributed by atoms with van der Waals surface area (Å²) in [6.45, 7) is 4.44. The van der Waals surface area contributed by atoms with E-state index in [1.807, 2.05) is 31.2 Å². The van der Waals surface area contributed by atoms with Gasteiger partial charge in [0.1, 0.15) is 11.6 Å². The van der Waals surface area contributed by atoms with Crippen molar-refractivity contribution in [2.75, 3.05) is 11.9 Å². The van der Waals surface area contributed by atoms with Crippen molar-refractivity contribution < 1.29 is 5.11 Å². The molecule has 0 fully saturated rings. The molecule has 0 amide bonds. The predicted molar refractivity (Wildman–Crippen MR) is 71.6 cm³/mol. The van der Waals surface area contributed by atoms with Gasteiger partial charge in [-0.15, -0.1) is 11.3 Å². The summed E-state index contributed by atoms with van der Waals surface area (Å²) in [6, 6.07) is 0. The van der Waals surface area contributed by atoms with Gasteiger partial charge in [0.05, 0.1) is 23.9 Å². The van der Waals surface area contributed by atoms with Crippen molar-refractivity contribution in [3.05, 3.63) is 33.7 Å². The number of hydrogen-bond acceptors (Lipinski definition) is 6. The van der Waals surface area contributed by atoms with E-state index in [4.69, 9.17) is 0 Å². The molecule has 0 atom stereocenters. The average molecular weight is 264 g/mol. The van der Waals surface area contributed by atoms with Crippen molar-refractivity contribution in [1.29, 1.82) is 0 Å². The first-order valence-electron chi connectivity index (χ1n) is 5.65. The van der Waals surface area contributed by atoms with Crippen LogP contribution in [0.2, 0.25) is 0 Å². The maximum atomic E-state index is 9.31. The van der Waals surface area contributed by atoms with Gasteiger partial charge < -0.3 is 10.0 Å². The quantitative estimate of drug-likeness (QED) is 0.910. The van der Waals surface area contributed by atoms with Crippen LogP contribution in [0.25, 0.3) is 0 Å². The minimum absolute atomic E-state index is 0.0595. The van der Waals surface area contributed by atoms with Crippen LogP contribution in [0.3, 0.4) is 0 Å². The fourth-order valence-corrected chi connectivity index (χ4v) is 2.33. The van der Waals surface area contributed by atoms with Gasteiger partial charge in [-0.05, 0) is 13.8 Å². The third-order valence-electron chi connectivity index (χ3n) is 2.56. The summed E-state index contributed by atoms with van der Waals surface area (Å²) >= 11 is 1.63. The molecule has 2 rings (SSSR count). The van der Waals surface area contributed by atoms with Gasteiger partial charge in [0.15, 0.2) is 0 Å². The summed E-state index contributed by atoms with van der Waals surface area (Å²) in [5.74, 6) is 1.46. The molecule has 18 heavy (non-hydrogen) atoms. The standard InChI is InChI=1S/C12H16N4OS/c1-8-13-4-10(6-17)12(14-8)16(3)5-11-7-18-9(2)15-11/h4,7,17H,5-6H2,1-3H3. The lowest BCUT2D eigenvalue weighted by Crippen LogP contribution is -2.20. The molecule has 2 aromatic heterocycles. The Labute approximate surface area is 110 Å². The average Bonchev–Trinajstić information content (AvgIpc) is 2.74. The molecular formula is C12H16N4OS. The summed E-state index contributed by atoms with van der Waals surface area (Å²) in [4.78, 5) is 14.9. The van der Waals surface area contributed by atoms with Crippen LogP contribution in [-0.2, 0) is 13.2 Å². The fraction of sp³-hybridized carbons (Fsp3) is 0.417. The van der Waals surface area contributed by atoms with E-state index in [0.717, 1.165) is 22.1 Å². The lowest BCUT2D eigenvalue weighted by Gasteiger charge is -2.19. The zero-order chi connectivity index (χ0) is 13.1. The molecule has 2 heterocycles. The molecule has 0 aromatic carbocycles. The minimum atomic E-state index is -0.0595. The molecule has 2 aromatic rings. The molecule has 0 unspecified atom stereocenters. The maximum Gasteiger partial charge on any atom is 0.137 e. The van der Waals surface area contributed by atoms with Crippen molar-refractivity contribution in [3.63, 3.8) is 0 Å². The van der Waals surface area contributed by atoms with Crippen molar-refractivity contribution in [2.24, 2.45) is 0 Å². The van der Waals surface area contributed by atoms with Gasteiger partial charge in [0.25, 0.3) is 0 Å². The maximum absolute atomic E-state index is 9.31. The predicted octanol–water partition coefficient (Wildman–Crippen LogP) is 1.68. The van der Waals surface area contributed by atoms with Crippen LogP contribution in [0.5, 0.6) is 0 Å². The number of thiazole rings is 1. The Morgan fingerprint density at radius 2 is 2.11 bits per heavy atom. The molecule has 1 N–H and O–H groups in total. The van der Waals surface area contributed by atoms with E-state index in [2.05, 4.69) is 15.0 Å². The van der Waals surface area contributed by atoms with Crippen molar-refractivity contribution in [1.82, 2.24) is 15.0 Å². The second-order valence-electron chi connectivity index (χ2n) is 4.14. The van der Waals surface area contributed by atoms with E-state index < -0.39 is 0 Å². The summed E-state index contributed by atoms with van der Waals surface area (Å²) in [5, 5.41) is 12.4. The van der Waals surface area contributed by atoms with Crippen LogP contribution in [0.15, 0.2) is 11.6 Å². The molecule has 96 valence electrons. The number of aliphatic hydroxyl groups excluding tert-OH is 1. The number of aromatic nitrogens is 3. The molecule has 0 spiro atoms. The molecule has 0 saturated carbocycles. The SMILES string of the molecule is Cc1ncc(CO)c(N(C)Cc2csc(C)n2)n1. The number of nitrogens with zero attached hydrogens (tertiary/aromatic N) is 4. The van der Waals surface area contributed by atoms with Gasteiger partial charge in [-0.2, -0.15) is 0 Å². The van der Waals surface area contributed by atoms with Crippen LogP contribution < -0.4 is 4.90 Å². The number of hydrogen-bond donors (Lipinski definition) is 1. The summed E-state index contributed by atoms with van der Waals surface area (Å²) < 4.78 is 0. The van der Waals surface area contributed by atoms with Crippen LogP contribution in [0, 0.1) is 13.8 Å². The Hall–Kier alpha value is -1.53. The minimum Gasteiger partial charge on any atom is -0.391 e. The number of aryl methyl sites for hydroxylation is 2. The summed E-state index contributed by atoms with van der Waals surface area (Å²) in [6.07, 6.45) is 1.67. The van der Waals surface area contributed by atoms with E-state index in [-0.39, 0.29) is 6.61 Å². The van der Waals surface area contributed by atoms with Crippen molar-refractivity contribution in [3.8, 4) is 0 Å². The highest BCUT2D eigenvalue weighted by atomic mass is 32.1. The Morgan fingerprint density at radius 3 is 2.72 bits per heavy atom. The second kappa shape index (κ2) is 5.41. The van der Waals surface area contributed by atoms with Gasteiger partial charge in [-0.25, -0.2) is 15.0 Å². The number of anilines is 1. The van der Waals surface area contributed by atoms with E-state index in [1.54, 1.807) is 17.5 Å². The monoisotopic (exact) mass is 264 g/mol. The van der Waals surface area contributed by atoms with Gasteiger partial charge in [-0.1, -0.05) is 0 Å². The topological polar surface area (TPSA) is 62.1 Å². The summed E-state index contributed by atoms with van der Waals surface area (Å²) in [7, 11) is 1.94. The Balaban J connectivity index is 2.22. The fourth-order valence-electron chi connectivity index (χ4n) is 1.72. The smallest absolute Gasteiger partial charge is 0.137 e. The highest BCUT2D eigenvalue weighted by molar-refractivity contribution is 7.09. The van der Waals surface area contributed by atoms with E-state index >= 15 is 0 Å². The van der Waals surface area contributed by atoms with Gasteiger partial charge in [-0.3, -0.25) is 0 Å². The molecule has 0 aliphatic heterocycles. The zero-order valence-electron chi connectivity index (χ0n) is 10.7. The molecule has 0 aliphatic carbocycles. The first-order valence-corrected chi connectivity index (χ1v) is 6.53. The summed E-state index contributed by atoms with van der Waals surface area (Å²) in [5.41, 5.74) is 1.75. The molecular weight excluding hydrogens is 248 g/mol. The Bertz CT molecular complexity index is 541. The first-order chi connectivity index (χ1) is 8.60. The second-order valence-corrected chi connectivity index (χ2v) is 5.20. The third kappa shape index (κ3) is 2.83. The number of rotatable bonds is 4. The highest BCUT2D eigenvalue weighted by Gasteiger charge is 2.11. The lowest BCUT2D eigenvalue weighted by atomic mass is 10.3. The largest absolute Gasteiger partial charge is 0.391 e. The first kappa shape index (κ1) is 12.9. The van der Waals surface area contributed by atoms with Crippen LogP contribution in [0.1, 0.15) is 22.1 Å². The van der Waals surface area contributed by atoms with Gasteiger partial charge in [0.2, 0.25) is 0 Å². The van der Waals surface area contributed by atoms with E-state index in [1.165, 1.54) is 0 Å². The Morgan fingerprint density at radius 1 is 1.33 bits per heavy atom. The van der Waals surface area contributed by atoms with Gasteiger partial charge >= 0.3 is 0 Å². The van der Waals surface area contributed by atoms with Crippen LogP contribution >= 0.6 is 11.3 Å². The van der Waals surface area contributed by atoms with Crippen LogP contribution in [-0.4, -0.2) is 27.1 Å². The molecule has 0 radical (unpaired) electrons. The van der Waals surface area contributed by atoms with E-state index in [0.29, 0.717) is 12.4 Å². The number of aliphatic hydroxyl groups is 1. The Kier molecular flexibility index (Phi) is 3.88. The molecule has 0 aliphatic rings. The van der Waals surface area contributed by atoms with Crippen molar-refractivity contribution in [2.45, 2.75) is 27.0 Å². The van der Waals surface area contributed by atoms with Crippen LogP contribution in [0.4, 0.5) is 5.82 Å². The van der Waals surface area contributed by atoms with E-state index in [9.17, 15) is 5.11 Å². The molecule has 6 heteroatoms. The molecule has 0 saturated heterocycles. The van der Waals surface area contributed by atoms with Crippen molar-refractivity contribution >= 4 is 17.2 Å². The highest BCUT2D eigenvalue weighted by Crippen LogP contribution is 2.19.